The molecule has 1 rings (SSSR count). The van der Waals surface area contributed by atoms with Crippen LogP contribution in [0.25, 0.3) is 0 Å². The molecule has 1 aliphatic rings. The van der Waals surface area contributed by atoms with E-state index in [9.17, 15) is 0 Å². The van der Waals surface area contributed by atoms with Crippen molar-refractivity contribution in [3.8, 4) is 0 Å². The fraction of sp³-hybridized carbons (Fsp3) is 1.00. The van der Waals surface area contributed by atoms with E-state index < -0.39 is 0 Å². The Balaban J connectivity index is 2.11. The van der Waals surface area contributed by atoms with Crippen LogP contribution < -0.4 is 5.32 Å². The Hall–Kier alpha value is -0.120. The SMILES string of the molecule is CNC(C)CCCN1CCCC(COC)C1. The molecule has 0 amide bonds. The van der Waals surface area contributed by atoms with E-state index in [-0.39, 0.29) is 0 Å². The summed E-state index contributed by atoms with van der Waals surface area (Å²) in [6, 6.07) is 0.652. The summed E-state index contributed by atoms with van der Waals surface area (Å²) in [6.07, 6.45) is 5.27. The van der Waals surface area contributed by atoms with Gasteiger partial charge in [-0.25, -0.2) is 0 Å². The molecule has 96 valence electrons. The Morgan fingerprint density at radius 1 is 1.50 bits per heavy atom. The summed E-state index contributed by atoms with van der Waals surface area (Å²) < 4.78 is 5.25. The van der Waals surface area contributed by atoms with Gasteiger partial charge in [0.25, 0.3) is 0 Å². The lowest BCUT2D eigenvalue weighted by molar-refractivity contribution is 0.0896. The number of hydrogen-bond acceptors (Lipinski definition) is 3. The van der Waals surface area contributed by atoms with Crippen LogP contribution in [0.1, 0.15) is 32.6 Å². The van der Waals surface area contributed by atoms with E-state index in [2.05, 4.69) is 17.1 Å². The highest BCUT2D eigenvalue weighted by atomic mass is 16.5. The zero-order chi connectivity index (χ0) is 11.8. The Bertz CT molecular complexity index is 173. The Labute approximate surface area is 101 Å². The third-order valence-corrected chi connectivity index (χ3v) is 3.61. The zero-order valence-electron chi connectivity index (χ0n) is 11.2. The van der Waals surface area contributed by atoms with Gasteiger partial charge in [0.05, 0.1) is 6.61 Å². The fourth-order valence-corrected chi connectivity index (χ4v) is 2.49. The standard InChI is InChI=1S/C13H28N2O/c1-12(14-2)6-4-8-15-9-5-7-13(10-15)11-16-3/h12-14H,4-11H2,1-3H3. The molecule has 3 heteroatoms. The van der Waals surface area contributed by atoms with E-state index in [1.165, 1.54) is 45.3 Å². The van der Waals surface area contributed by atoms with Gasteiger partial charge in [0.1, 0.15) is 0 Å². The Morgan fingerprint density at radius 3 is 3.00 bits per heavy atom. The Morgan fingerprint density at radius 2 is 2.31 bits per heavy atom. The maximum absolute atomic E-state index is 5.25. The predicted octanol–water partition coefficient (Wildman–Crippen LogP) is 1.73. The molecule has 0 bridgehead atoms. The molecule has 2 unspecified atom stereocenters. The molecule has 0 radical (unpaired) electrons. The van der Waals surface area contributed by atoms with Crippen molar-refractivity contribution in [3.63, 3.8) is 0 Å². The molecule has 1 fully saturated rings. The lowest BCUT2D eigenvalue weighted by Crippen LogP contribution is -2.38. The molecule has 2 atom stereocenters. The van der Waals surface area contributed by atoms with Crippen molar-refractivity contribution in [1.29, 1.82) is 0 Å². The molecule has 0 aliphatic carbocycles. The van der Waals surface area contributed by atoms with E-state index in [1.54, 1.807) is 0 Å². The van der Waals surface area contributed by atoms with Crippen LogP contribution in [0, 0.1) is 5.92 Å². The molecule has 0 spiro atoms. The molecule has 1 aliphatic heterocycles. The van der Waals surface area contributed by atoms with Crippen LogP contribution in [-0.2, 0) is 4.74 Å². The van der Waals surface area contributed by atoms with Crippen molar-refractivity contribution >= 4 is 0 Å². The highest BCUT2D eigenvalue weighted by Crippen LogP contribution is 2.17. The molecule has 0 aromatic heterocycles. The van der Waals surface area contributed by atoms with Gasteiger partial charge >= 0.3 is 0 Å². The van der Waals surface area contributed by atoms with E-state index in [0.717, 1.165) is 12.5 Å². The largest absolute Gasteiger partial charge is 0.384 e. The molecule has 0 aromatic carbocycles. The summed E-state index contributed by atoms with van der Waals surface area (Å²) in [5.74, 6) is 0.764. The van der Waals surface area contributed by atoms with E-state index in [1.807, 2.05) is 14.2 Å². The van der Waals surface area contributed by atoms with Crippen molar-refractivity contribution in [1.82, 2.24) is 10.2 Å². The van der Waals surface area contributed by atoms with E-state index in [0.29, 0.717) is 6.04 Å². The monoisotopic (exact) mass is 228 g/mol. The Kier molecular flexibility index (Phi) is 7.01. The van der Waals surface area contributed by atoms with E-state index in [4.69, 9.17) is 4.74 Å². The second kappa shape index (κ2) is 8.04. The first-order valence-electron chi connectivity index (χ1n) is 6.64. The van der Waals surface area contributed by atoms with Crippen molar-refractivity contribution in [2.45, 2.75) is 38.6 Å². The summed E-state index contributed by atoms with van der Waals surface area (Å²) in [5, 5.41) is 3.29. The van der Waals surface area contributed by atoms with E-state index >= 15 is 0 Å². The molecule has 16 heavy (non-hydrogen) atoms. The fourth-order valence-electron chi connectivity index (χ4n) is 2.49. The summed E-state index contributed by atoms with van der Waals surface area (Å²) >= 11 is 0. The number of methoxy groups -OCH3 is 1. The number of likely N-dealkylation sites (tertiary alicyclic amines) is 1. The van der Waals surface area contributed by atoms with Crippen LogP contribution in [0.4, 0.5) is 0 Å². The number of hydrogen-bond donors (Lipinski definition) is 1. The summed E-state index contributed by atoms with van der Waals surface area (Å²) in [5.41, 5.74) is 0. The maximum atomic E-state index is 5.25. The molecule has 3 nitrogen and oxygen atoms in total. The third-order valence-electron chi connectivity index (χ3n) is 3.61. The minimum Gasteiger partial charge on any atom is -0.384 e. The molecular formula is C13H28N2O. The molecule has 1 saturated heterocycles. The average molecular weight is 228 g/mol. The van der Waals surface area contributed by atoms with Crippen molar-refractivity contribution < 1.29 is 4.74 Å². The van der Waals surface area contributed by atoms with Gasteiger partial charge in [-0.1, -0.05) is 0 Å². The summed E-state index contributed by atoms with van der Waals surface area (Å²) in [7, 11) is 3.85. The molecule has 0 saturated carbocycles. The highest BCUT2D eigenvalue weighted by Gasteiger charge is 2.19. The van der Waals surface area contributed by atoms with Gasteiger partial charge in [0, 0.05) is 19.7 Å². The van der Waals surface area contributed by atoms with Gasteiger partial charge in [0.15, 0.2) is 0 Å². The minimum absolute atomic E-state index is 0.652. The summed E-state index contributed by atoms with van der Waals surface area (Å²) in [6.45, 7) is 6.97. The van der Waals surface area contributed by atoms with Crippen LogP contribution in [0.5, 0.6) is 0 Å². The normalized spacial score (nSPS) is 24.6. The predicted molar refractivity (Wildman–Crippen MR) is 68.8 cm³/mol. The number of ether oxygens (including phenoxy) is 1. The van der Waals surface area contributed by atoms with Crippen molar-refractivity contribution in [2.75, 3.05) is 40.4 Å². The summed E-state index contributed by atoms with van der Waals surface area (Å²) in [4.78, 5) is 2.61. The third kappa shape index (κ3) is 5.28. The number of nitrogens with zero attached hydrogens (tertiary/aromatic N) is 1. The number of piperidine rings is 1. The molecular weight excluding hydrogens is 200 g/mol. The maximum Gasteiger partial charge on any atom is 0.0502 e. The van der Waals surface area contributed by atoms with Gasteiger partial charge in [-0.2, -0.15) is 0 Å². The molecule has 0 aromatic rings. The first-order valence-corrected chi connectivity index (χ1v) is 6.64. The van der Waals surface area contributed by atoms with Crippen molar-refractivity contribution in [3.05, 3.63) is 0 Å². The second-order valence-electron chi connectivity index (χ2n) is 5.10. The highest BCUT2D eigenvalue weighted by molar-refractivity contribution is 4.73. The topological polar surface area (TPSA) is 24.5 Å². The van der Waals surface area contributed by atoms with Gasteiger partial charge in [-0.15, -0.1) is 0 Å². The number of rotatable bonds is 7. The van der Waals surface area contributed by atoms with Gasteiger partial charge < -0.3 is 15.0 Å². The number of nitrogens with one attached hydrogen (secondary N) is 1. The van der Waals surface area contributed by atoms with Crippen LogP contribution in [0.3, 0.4) is 0 Å². The lowest BCUT2D eigenvalue weighted by Gasteiger charge is -2.32. The van der Waals surface area contributed by atoms with Gasteiger partial charge in [-0.05, 0) is 58.7 Å². The smallest absolute Gasteiger partial charge is 0.0502 e. The van der Waals surface area contributed by atoms with Crippen LogP contribution in [0.15, 0.2) is 0 Å². The zero-order valence-corrected chi connectivity index (χ0v) is 11.2. The van der Waals surface area contributed by atoms with Crippen LogP contribution in [0.2, 0.25) is 0 Å². The average Bonchev–Trinajstić information content (AvgIpc) is 2.30. The van der Waals surface area contributed by atoms with Crippen LogP contribution >= 0.6 is 0 Å². The molecule has 1 N–H and O–H groups in total. The quantitative estimate of drug-likeness (QED) is 0.718. The van der Waals surface area contributed by atoms with Gasteiger partial charge in [-0.3, -0.25) is 0 Å². The lowest BCUT2D eigenvalue weighted by atomic mass is 9.98. The minimum atomic E-state index is 0.652. The first-order chi connectivity index (χ1) is 7.76. The van der Waals surface area contributed by atoms with Crippen molar-refractivity contribution in [2.24, 2.45) is 5.92 Å². The first kappa shape index (κ1) is 13.9. The van der Waals surface area contributed by atoms with Gasteiger partial charge in [0.2, 0.25) is 0 Å². The van der Waals surface area contributed by atoms with Crippen LogP contribution in [-0.4, -0.2) is 51.3 Å². The molecule has 1 heterocycles. The second-order valence-corrected chi connectivity index (χ2v) is 5.10.